The maximum atomic E-state index is 13.1. The second-order valence-corrected chi connectivity index (χ2v) is 4.49. The van der Waals surface area contributed by atoms with Gasteiger partial charge in [-0.25, -0.2) is 8.78 Å². The molecule has 0 radical (unpaired) electrons. The summed E-state index contributed by atoms with van der Waals surface area (Å²) in [6.45, 7) is -0.954. The van der Waals surface area contributed by atoms with Crippen molar-refractivity contribution in [3.05, 3.63) is 0 Å². The molecular formula is C7H10F2INO2. The van der Waals surface area contributed by atoms with Crippen LogP contribution in [0.4, 0.5) is 8.78 Å². The van der Waals surface area contributed by atoms with E-state index in [0.29, 0.717) is 6.54 Å². The molecule has 0 spiro atoms. The van der Waals surface area contributed by atoms with Crippen molar-refractivity contribution in [3.63, 3.8) is 0 Å². The van der Waals surface area contributed by atoms with Gasteiger partial charge < -0.3 is 10.0 Å². The highest BCUT2D eigenvalue weighted by Gasteiger charge is 2.44. The summed E-state index contributed by atoms with van der Waals surface area (Å²) in [5.74, 6) is -3.45. The van der Waals surface area contributed by atoms with Gasteiger partial charge in [0.25, 0.3) is 5.92 Å². The molecule has 6 heteroatoms. The Morgan fingerprint density at radius 2 is 2.31 bits per heavy atom. The number of carbonyl (C=O) groups excluding carboxylic acids is 1. The molecule has 1 N–H and O–H groups in total. The van der Waals surface area contributed by atoms with Gasteiger partial charge in [0.15, 0.2) is 0 Å². The minimum atomic E-state index is -2.83. The van der Waals surface area contributed by atoms with E-state index in [2.05, 4.69) is 0 Å². The normalized spacial score (nSPS) is 27.4. The predicted molar refractivity (Wildman–Crippen MR) is 51.0 cm³/mol. The Labute approximate surface area is 88.2 Å². The smallest absolute Gasteiger partial charge is 0.276 e. The number of likely N-dealkylation sites (tertiary alicyclic amines) is 1. The lowest BCUT2D eigenvalue weighted by molar-refractivity contribution is -0.143. The number of hydrogen-bond donors (Lipinski definition) is 1. The Kier molecular flexibility index (Phi) is 3.44. The standard InChI is InChI=1S/C7H10F2INO2/c8-7(9)4-11(6(13)3-12)2-1-5(7)10/h5,12H,1-4H2. The fourth-order valence-corrected chi connectivity index (χ4v) is 1.70. The first-order valence-electron chi connectivity index (χ1n) is 3.88. The number of nitrogens with zero attached hydrogens (tertiary/aromatic N) is 1. The Morgan fingerprint density at radius 3 is 2.77 bits per heavy atom. The molecule has 0 aliphatic carbocycles. The predicted octanol–water partition coefficient (Wildman–Crippen LogP) is 0.650. The van der Waals surface area contributed by atoms with E-state index in [1.54, 1.807) is 22.6 Å². The summed E-state index contributed by atoms with van der Waals surface area (Å²) in [4.78, 5) is 11.9. The van der Waals surface area contributed by atoms with Gasteiger partial charge in [0, 0.05) is 6.54 Å². The molecule has 1 saturated heterocycles. The van der Waals surface area contributed by atoms with Crippen LogP contribution in [0.2, 0.25) is 0 Å². The quantitative estimate of drug-likeness (QED) is 0.571. The second kappa shape index (κ2) is 4.04. The summed E-state index contributed by atoms with van der Waals surface area (Å²) >= 11 is 1.69. The van der Waals surface area contributed by atoms with E-state index >= 15 is 0 Å². The van der Waals surface area contributed by atoms with Crippen LogP contribution in [0, 0.1) is 0 Å². The van der Waals surface area contributed by atoms with Crippen molar-refractivity contribution in [3.8, 4) is 0 Å². The van der Waals surface area contributed by atoms with Crippen LogP contribution in [-0.2, 0) is 4.79 Å². The summed E-state index contributed by atoms with van der Waals surface area (Å²) in [6, 6.07) is 0. The Bertz CT molecular complexity index is 213. The zero-order valence-corrected chi connectivity index (χ0v) is 9.00. The van der Waals surface area contributed by atoms with Gasteiger partial charge in [-0.2, -0.15) is 0 Å². The van der Waals surface area contributed by atoms with Gasteiger partial charge in [0.05, 0.1) is 10.5 Å². The van der Waals surface area contributed by atoms with E-state index < -0.39 is 28.9 Å². The van der Waals surface area contributed by atoms with Gasteiger partial charge >= 0.3 is 0 Å². The topological polar surface area (TPSA) is 40.5 Å². The highest BCUT2D eigenvalue weighted by Crippen LogP contribution is 2.32. The van der Waals surface area contributed by atoms with E-state index in [-0.39, 0.29) is 6.42 Å². The number of aliphatic hydroxyl groups excluding tert-OH is 1. The molecule has 1 atom stereocenters. The summed E-state index contributed by atoms with van der Waals surface area (Å²) in [5.41, 5.74) is 0. The average molecular weight is 305 g/mol. The largest absolute Gasteiger partial charge is 0.387 e. The monoisotopic (exact) mass is 305 g/mol. The fourth-order valence-electron chi connectivity index (χ4n) is 1.23. The van der Waals surface area contributed by atoms with Gasteiger partial charge in [-0.1, -0.05) is 22.6 Å². The first-order valence-corrected chi connectivity index (χ1v) is 5.12. The second-order valence-electron chi connectivity index (χ2n) is 2.99. The summed E-state index contributed by atoms with van der Waals surface area (Å²) in [7, 11) is 0. The number of piperidine rings is 1. The van der Waals surface area contributed by atoms with Crippen molar-refractivity contribution in [2.24, 2.45) is 0 Å². The van der Waals surface area contributed by atoms with Gasteiger partial charge in [-0.05, 0) is 6.42 Å². The van der Waals surface area contributed by atoms with E-state index in [9.17, 15) is 13.6 Å². The van der Waals surface area contributed by atoms with Crippen molar-refractivity contribution >= 4 is 28.5 Å². The molecule has 1 aliphatic heterocycles. The molecule has 76 valence electrons. The summed E-state index contributed by atoms with van der Waals surface area (Å²) in [5, 5.41) is 8.49. The number of rotatable bonds is 1. The third kappa shape index (κ3) is 2.49. The lowest BCUT2D eigenvalue weighted by Gasteiger charge is -2.35. The Morgan fingerprint density at radius 1 is 1.69 bits per heavy atom. The van der Waals surface area contributed by atoms with Crippen molar-refractivity contribution in [1.29, 1.82) is 0 Å². The van der Waals surface area contributed by atoms with Gasteiger partial charge in [0.1, 0.15) is 6.61 Å². The third-order valence-electron chi connectivity index (χ3n) is 2.00. The minimum absolute atomic E-state index is 0.277. The Balaban J connectivity index is 2.60. The van der Waals surface area contributed by atoms with Crippen molar-refractivity contribution < 1.29 is 18.7 Å². The molecule has 0 aromatic rings. The maximum absolute atomic E-state index is 13.1. The molecule has 0 aromatic carbocycles. The summed E-state index contributed by atoms with van der Waals surface area (Å²) < 4.78 is 25.4. The molecule has 13 heavy (non-hydrogen) atoms. The first kappa shape index (κ1) is 11.1. The first-order chi connectivity index (χ1) is 5.97. The van der Waals surface area contributed by atoms with E-state index in [0.717, 1.165) is 4.90 Å². The molecule has 1 rings (SSSR count). The van der Waals surface area contributed by atoms with Crippen LogP contribution in [0.15, 0.2) is 0 Å². The van der Waals surface area contributed by atoms with Crippen LogP contribution in [-0.4, -0.2) is 45.5 Å². The van der Waals surface area contributed by atoms with Gasteiger partial charge in [0.2, 0.25) is 5.91 Å². The zero-order chi connectivity index (χ0) is 10.1. The van der Waals surface area contributed by atoms with Crippen molar-refractivity contribution in [2.75, 3.05) is 19.7 Å². The number of halogens is 3. The highest BCUT2D eigenvalue weighted by atomic mass is 127. The third-order valence-corrected chi connectivity index (χ3v) is 3.53. The van der Waals surface area contributed by atoms with Gasteiger partial charge in [-0.3, -0.25) is 4.79 Å². The van der Waals surface area contributed by atoms with E-state index in [1.807, 2.05) is 0 Å². The van der Waals surface area contributed by atoms with Crippen LogP contribution in [0.25, 0.3) is 0 Å². The minimum Gasteiger partial charge on any atom is -0.387 e. The Hall–Kier alpha value is 0.0200. The molecule has 1 amide bonds. The van der Waals surface area contributed by atoms with Crippen LogP contribution in [0.5, 0.6) is 0 Å². The van der Waals surface area contributed by atoms with E-state index in [4.69, 9.17) is 5.11 Å². The van der Waals surface area contributed by atoms with Gasteiger partial charge in [-0.15, -0.1) is 0 Å². The molecule has 0 bridgehead atoms. The number of carbonyl (C=O) groups is 1. The van der Waals surface area contributed by atoms with Crippen LogP contribution in [0.1, 0.15) is 6.42 Å². The van der Waals surface area contributed by atoms with Crippen LogP contribution >= 0.6 is 22.6 Å². The average Bonchev–Trinajstić information content (AvgIpc) is 2.08. The van der Waals surface area contributed by atoms with Crippen LogP contribution < -0.4 is 0 Å². The van der Waals surface area contributed by atoms with E-state index in [1.165, 1.54) is 0 Å². The van der Waals surface area contributed by atoms with Crippen molar-refractivity contribution in [1.82, 2.24) is 4.90 Å². The number of aliphatic hydroxyl groups is 1. The summed E-state index contributed by atoms with van der Waals surface area (Å²) in [6.07, 6.45) is 0.277. The molecular weight excluding hydrogens is 295 g/mol. The number of alkyl halides is 3. The SMILES string of the molecule is O=C(CO)N1CCC(I)C(F)(F)C1. The number of hydrogen-bond acceptors (Lipinski definition) is 2. The van der Waals surface area contributed by atoms with Crippen LogP contribution in [0.3, 0.4) is 0 Å². The molecule has 0 saturated carbocycles. The lowest BCUT2D eigenvalue weighted by Crippen LogP contribution is -2.51. The molecule has 1 heterocycles. The lowest BCUT2D eigenvalue weighted by atomic mass is 10.1. The highest BCUT2D eigenvalue weighted by molar-refractivity contribution is 14.1. The molecule has 1 unspecified atom stereocenters. The molecule has 0 aromatic heterocycles. The molecule has 3 nitrogen and oxygen atoms in total. The fraction of sp³-hybridized carbons (Fsp3) is 0.857. The van der Waals surface area contributed by atoms with Crippen molar-refractivity contribution in [2.45, 2.75) is 16.3 Å². The maximum Gasteiger partial charge on any atom is 0.276 e. The molecule has 1 aliphatic rings. The zero-order valence-electron chi connectivity index (χ0n) is 6.84. The number of amides is 1. The molecule has 1 fully saturated rings.